The van der Waals surface area contributed by atoms with Crippen molar-refractivity contribution in [3.8, 4) is 17.3 Å². The Morgan fingerprint density at radius 3 is 2.52 bits per heavy atom. The smallest absolute Gasteiger partial charge is 0.115 e. The zero-order chi connectivity index (χ0) is 18.6. The Kier molecular flexibility index (Phi) is 5.48. The molecule has 1 aliphatic carbocycles. The van der Waals surface area contributed by atoms with Gasteiger partial charge in [0.15, 0.2) is 0 Å². The summed E-state index contributed by atoms with van der Waals surface area (Å²) in [6, 6.07) is 20.6. The average molecular weight is 391 g/mol. The standard InChI is InChI=1S/C23H19ClN2S/c24-18-10-6-7-16(13-18)15-27-23-21(14-25)19-11-4-5-12-20(19)22(26-23)17-8-2-1-3-9-17/h1-3,6-10,13H,4-5,11-12,15H2. The van der Waals surface area contributed by atoms with Gasteiger partial charge in [-0.2, -0.15) is 5.26 Å². The van der Waals surface area contributed by atoms with Gasteiger partial charge in [0.05, 0.1) is 11.3 Å². The first-order valence-corrected chi connectivity index (χ1v) is 10.5. The number of fused-ring (bicyclic) bond motifs is 1. The minimum Gasteiger partial charge on any atom is -0.240 e. The number of thioether (sulfide) groups is 1. The van der Waals surface area contributed by atoms with Crippen molar-refractivity contribution >= 4 is 23.4 Å². The highest BCUT2D eigenvalue weighted by Gasteiger charge is 2.23. The number of rotatable bonds is 4. The number of benzene rings is 2. The molecule has 2 nitrogen and oxygen atoms in total. The van der Waals surface area contributed by atoms with Crippen LogP contribution in [0.25, 0.3) is 11.3 Å². The van der Waals surface area contributed by atoms with E-state index in [0.29, 0.717) is 0 Å². The molecule has 4 rings (SSSR count). The van der Waals surface area contributed by atoms with Gasteiger partial charge in [0, 0.05) is 16.3 Å². The van der Waals surface area contributed by atoms with Gasteiger partial charge in [-0.3, -0.25) is 0 Å². The molecular formula is C23H19ClN2S. The van der Waals surface area contributed by atoms with Gasteiger partial charge in [-0.25, -0.2) is 4.98 Å². The van der Waals surface area contributed by atoms with E-state index in [4.69, 9.17) is 16.6 Å². The number of halogens is 1. The number of hydrogen-bond acceptors (Lipinski definition) is 3. The molecule has 0 bridgehead atoms. The van der Waals surface area contributed by atoms with E-state index >= 15 is 0 Å². The van der Waals surface area contributed by atoms with Crippen LogP contribution in [0.15, 0.2) is 59.6 Å². The molecular weight excluding hydrogens is 372 g/mol. The molecule has 0 saturated carbocycles. The summed E-state index contributed by atoms with van der Waals surface area (Å²) in [5.74, 6) is 0.745. The topological polar surface area (TPSA) is 36.7 Å². The van der Waals surface area contributed by atoms with E-state index in [0.717, 1.165) is 63.9 Å². The minimum atomic E-state index is 0.733. The molecule has 0 saturated heterocycles. The lowest BCUT2D eigenvalue weighted by Crippen LogP contribution is -2.10. The van der Waals surface area contributed by atoms with Crippen LogP contribution in [0.2, 0.25) is 5.02 Å². The molecule has 134 valence electrons. The second-order valence-electron chi connectivity index (χ2n) is 6.70. The lowest BCUT2D eigenvalue weighted by atomic mass is 9.86. The van der Waals surface area contributed by atoms with Gasteiger partial charge in [0.1, 0.15) is 11.1 Å². The van der Waals surface area contributed by atoms with Gasteiger partial charge >= 0.3 is 0 Å². The predicted octanol–water partition coefficient (Wildman–Crippen LogP) is 6.44. The van der Waals surface area contributed by atoms with Gasteiger partial charge in [-0.05, 0) is 54.5 Å². The fourth-order valence-corrected chi connectivity index (χ4v) is 4.79. The Morgan fingerprint density at radius 1 is 1.00 bits per heavy atom. The molecule has 1 aromatic heterocycles. The summed E-state index contributed by atoms with van der Waals surface area (Å²) in [5, 5.41) is 11.4. The van der Waals surface area contributed by atoms with Crippen LogP contribution in [0.4, 0.5) is 0 Å². The summed E-state index contributed by atoms with van der Waals surface area (Å²) in [7, 11) is 0. The van der Waals surface area contributed by atoms with Gasteiger partial charge in [-0.1, -0.05) is 54.1 Å². The van der Waals surface area contributed by atoms with Gasteiger partial charge in [0.2, 0.25) is 0 Å². The second-order valence-corrected chi connectivity index (χ2v) is 8.10. The SMILES string of the molecule is N#Cc1c(SCc2cccc(Cl)c2)nc(-c2ccccc2)c2c1CCCC2. The predicted molar refractivity (Wildman–Crippen MR) is 112 cm³/mol. The summed E-state index contributed by atoms with van der Waals surface area (Å²) < 4.78 is 0. The summed E-state index contributed by atoms with van der Waals surface area (Å²) >= 11 is 7.73. The van der Waals surface area contributed by atoms with E-state index in [1.807, 2.05) is 36.4 Å². The van der Waals surface area contributed by atoms with Crippen LogP contribution in [-0.4, -0.2) is 4.98 Å². The number of nitrogens with zero attached hydrogens (tertiary/aromatic N) is 2. The van der Waals surface area contributed by atoms with E-state index < -0.39 is 0 Å². The third-order valence-corrected chi connectivity index (χ3v) is 6.19. The van der Waals surface area contributed by atoms with Gasteiger partial charge in [0.25, 0.3) is 0 Å². The van der Waals surface area contributed by atoms with Crippen molar-refractivity contribution < 1.29 is 0 Å². The Balaban J connectivity index is 1.77. The van der Waals surface area contributed by atoms with Crippen LogP contribution in [-0.2, 0) is 18.6 Å². The quantitative estimate of drug-likeness (QED) is 0.480. The van der Waals surface area contributed by atoms with E-state index in [2.05, 4.69) is 24.3 Å². The minimum absolute atomic E-state index is 0.733. The lowest BCUT2D eigenvalue weighted by molar-refractivity contribution is 0.677. The summed E-state index contributed by atoms with van der Waals surface area (Å²) in [6.45, 7) is 0. The number of nitriles is 1. The first kappa shape index (κ1) is 18.1. The molecule has 0 amide bonds. The lowest BCUT2D eigenvalue weighted by Gasteiger charge is -2.22. The maximum absolute atomic E-state index is 9.85. The maximum atomic E-state index is 9.85. The Bertz CT molecular complexity index is 1010. The van der Waals surface area contributed by atoms with Crippen molar-refractivity contribution in [2.45, 2.75) is 36.5 Å². The first-order chi connectivity index (χ1) is 13.3. The number of hydrogen-bond donors (Lipinski definition) is 0. The van der Waals surface area contributed by atoms with Crippen molar-refractivity contribution in [1.82, 2.24) is 4.98 Å². The van der Waals surface area contributed by atoms with E-state index in [9.17, 15) is 5.26 Å². The summed E-state index contributed by atoms with van der Waals surface area (Å²) in [5.41, 5.74) is 6.53. The monoisotopic (exact) mass is 390 g/mol. The molecule has 0 N–H and O–H groups in total. The van der Waals surface area contributed by atoms with E-state index in [-0.39, 0.29) is 0 Å². The molecule has 0 fully saturated rings. The molecule has 1 heterocycles. The molecule has 2 aromatic carbocycles. The molecule has 27 heavy (non-hydrogen) atoms. The Morgan fingerprint density at radius 2 is 1.78 bits per heavy atom. The van der Waals surface area contributed by atoms with Crippen molar-refractivity contribution in [3.63, 3.8) is 0 Å². The molecule has 4 heteroatoms. The highest BCUT2D eigenvalue weighted by Crippen LogP contribution is 2.37. The Hall–Kier alpha value is -2.28. The zero-order valence-corrected chi connectivity index (χ0v) is 16.5. The van der Waals surface area contributed by atoms with Crippen molar-refractivity contribution in [3.05, 3.63) is 81.9 Å². The number of pyridine rings is 1. The average Bonchev–Trinajstić information content (AvgIpc) is 2.72. The molecule has 1 aliphatic rings. The van der Waals surface area contributed by atoms with Crippen LogP contribution in [0.3, 0.4) is 0 Å². The highest BCUT2D eigenvalue weighted by molar-refractivity contribution is 7.98. The van der Waals surface area contributed by atoms with E-state index in [1.165, 1.54) is 11.1 Å². The fraction of sp³-hybridized carbons (Fsp3) is 0.217. The highest BCUT2D eigenvalue weighted by atomic mass is 35.5. The van der Waals surface area contributed by atoms with Crippen LogP contribution in [0, 0.1) is 11.3 Å². The van der Waals surface area contributed by atoms with Gasteiger partial charge in [-0.15, -0.1) is 11.8 Å². The van der Waals surface area contributed by atoms with Crippen LogP contribution in [0.5, 0.6) is 0 Å². The first-order valence-electron chi connectivity index (χ1n) is 9.15. The second kappa shape index (κ2) is 8.17. The van der Waals surface area contributed by atoms with Crippen molar-refractivity contribution in [2.75, 3.05) is 0 Å². The largest absolute Gasteiger partial charge is 0.240 e. The van der Waals surface area contributed by atoms with E-state index in [1.54, 1.807) is 11.8 Å². The third-order valence-electron chi connectivity index (χ3n) is 4.91. The Labute approximate surface area is 169 Å². The maximum Gasteiger partial charge on any atom is 0.115 e. The fourth-order valence-electron chi connectivity index (χ4n) is 3.63. The van der Waals surface area contributed by atoms with Crippen molar-refractivity contribution in [2.24, 2.45) is 0 Å². The molecule has 0 atom stereocenters. The normalized spacial score (nSPS) is 13.0. The molecule has 0 aliphatic heterocycles. The molecule has 0 unspecified atom stereocenters. The molecule has 3 aromatic rings. The van der Waals surface area contributed by atoms with Crippen LogP contribution < -0.4 is 0 Å². The van der Waals surface area contributed by atoms with Gasteiger partial charge < -0.3 is 0 Å². The summed E-state index contributed by atoms with van der Waals surface area (Å²) in [6.07, 6.45) is 4.26. The van der Waals surface area contributed by atoms with Crippen LogP contribution in [0.1, 0.15) is 35.1 Å². The summed E-state index contributed by atoms with van der Waals surface area (Å²) in [4.78, 5) is 4.97. The molecule has 0 spiro atoms. The third kappa shape index (κ3) is 3.88. The van der Waals surface area contributed by atoms with Crippen molar-refractivity contribution in [1.29, 1.82) is 5.26 Å². The number of aromatic nitrogens is 1. The zero-order valence-electron chi connectivity index (χ0n) is 14.9. The van der Waals surface area contributed by atoms with Crippen LogP contribution >= 0.6 is 23.4 Å². The molecule has 0 radical (unpaired) electrons.